The van der Waals surface area contributed by atoms with Crippen molar-refractivity contribution < 1.29 is 4.79 Å². The Hall–Kier alpha value is -2.60. The van der Waals surface area contributed by atoms with Gasteiger partial charge in [0.25, 0.3) is 0 Å². The maximum Gasteiger partial charge on any atom is 0.237 e. The lowest BCUT2D eigenvalue weighted by Gasteiger charge is -2.14. The predicted molar refractivity (Wildman–Crippen MR) is 111 cm³/mol. The Balaban J connectivity index is 1.76. The average molecular weight is 381 g/mol. The van der Waals surface area contributed by atoms with Crippen molar-refractivity contribution in [1.29, 1.82) is 0 Å². The molecule has 0 fully saturated rings. The van der Waals surface area contributed by atoms with E-state index in [0.717, 1.165) is 39.9 Å². The Morgan fingerprint density at radius 1 is 1.15 bits per heavy atom. The van der Waals surface area contributed by atoms with E-state index in [1.54, 1.807) is 0 Å². The van der Waals surface area contributed by atoms with E-state index in [1.165, 1.54) is 11.8 Å². The summed E-state index contributed by atoms with van der Waals surface area (Å²) in [6, 6.07) is 16.0. The number of carbonyl (C=O) groups is 1. The number of rotatable bonds is 6. The fraction of sp³-hybridized carbons (Fsp3) is 0.286. The molecule has 0 saturated heterocycles. The van der Waals surface area contributed by atoms with Gasteiger partial charge in [0.05, 0.1) is 5.25 Å². The summed E-state index contributed by atoms with van der Waals surface area (Å²) in [5, 5.41) is 12.2. The Morgan fingerprint density at radius 3 is 2.59 bits per heavy atom. The first-order chi connectivity index (χ1) is 13.0. The molecule has 1 atom stereocenters. The van der Waals surface area contributed by atoms with Gasteiger partial charge in [0.1, 0.15) is 0 Å². The van der Waals surface area contributed by atoms with E-state index < -0.39 is 0 Å². The summed E-state index contributed by atoms with van der Waals surface area (Å²) in [5.74, 6) is 0.781. The Labute approximate surface area is 164 Å². The van der Waals surface area contributed by atoms with Crippen LogP contribution >= 0.6 is 11.8 Å². The van der Waals surface area contributed by atoms with Crippen molar-refractivity contribution in [2.45, 2.75) is 44.6 Å². The van der Waals surface area contributed by atoms with Crippen molar-refractivity contribution >= 4 is 23.4 Å². The standard InChI is InChI=1S/C21H24N4OS/c1-5-25-19(17-9-7-6-8-10-17)23-24-21(25)27-16(4)20(26)22-18-13-14(2)11-12-15(18)3/h6-13,16H,5H2,1-4H3,(H,22,26)/t16-/m0/s1. The van der Waals surface area contributed by atoms with Crippen LogP contribution < -0.4 is 5.32 Å². The molecule has 0 unspecified atom stereocenters. The number of hydrogen-bond donors (Lipinski definition) is 1. The third-order valence-electron chi connectivity index (χ3n) is 4.37. The predicted octanol–water partition coefficient (Wildman–Crippen LogP) is 4.70. The van der Waals surface area contributed by atoms with Crippen LogP contribution in [0.15, 0.2) is 53.7 Å². The highest BCUT2D eigenvalue weighted by atomic mass is 32.2. The zero-order chi connectivity index (χ0) is 19.4. The molecular formula is C21H24N4OS. The topological polar surface area (TPSA) is 59.8 Å². The zero-order valence-electron chi connectivity index (χ0n) is 16.1. The lowest BCUT2D eigenvalue weighted by Crippen LogP contribution is -2.23. The minimum atomic E-state index is -0.289. The van der Waals surface area contributed by atoms with Gasteiger partial charge < -0.3 is 9.88 Å². The van der Waals surface area contributed by atoms with Crippen molar-refractivity contribution in [3.8, 4) is 11.4 Å². The normalized spacial score (nSPS) is 12.0. The number of anilines is 1. The summed E-state index contributed by atoms with van der Waals surface area (Å²) in [4.78, 5) is 12.7. The van der Waals surface area contributed by atoms with Crippen LogP contribution in [0.1, 0.15) is 25.0 Å². The number of aryl methyl sites for hydroxylation is 2. The molecule has 0 spiro atoms. The summed E-state index contributed by atoms with van der Waals surface area (Å²) >= 11 is 1.42. The van der Waals surface area contributed by atoms with Gasteiger partial charge in [0, 0.05) is 17.8 Å². The fourth-order valence-corrected chi connectivity index (χ4v) is 3.69. The van der Waals surface area contributed by atoms with Crippen LogP contribution in [0.3, 0.4) is 0 Å². The molecule has 2 aromatic carbocycles. The second kappa shape index (κ2) is 8.39. The van der Waals surface area contributed by atoms with Gasteiger partial charge in [-0.05, 0) is 44.9 Å². The number of benzene rings is 2. The first kappa shape index (κ1) is 19.2. The Kier molecular flexibility index (Phi) is 5.96. The second-order valence-corrected chi connectivity index (χ2v) is 7.79. The molecule has 0 aliphatic rings. The molecule has 0 bridgehead atoms. The van der Waals surface area contributed by atoms with Crippen LogP contribution in [0.5, 0.6) is 0 Å². The van der Waals surface area contributed by atoms with Gasteiger partial charge >= 0.3 is 0 Å². The molecule has 140 valence electrons. The molecule has 5 nitrogen and oxygen atoms in total. The van der Waals surface area contributed by atoms with Gasteiger partial charge in [-0.2, -0.15) is 0 Å². The van der Waals surface area contributed by atoms with E-state index in [2.05, 4.69) is 22.4 Å². The van der Waals surface area contributed by atoms with Crippen LogP contribution in [0.4, 0.5) is 5.69 Å². The Morgan fingerprint density at radius 2 is 1.89 bits per heavy atom. The molecule has 1 heterocycles. The largest absolute Gasteiger partial charge is 0.325 e. The van der Waals surface area contributed by atoms with Gasteiger partial charge in [-0.1, -0.05) is 54.2 Å². The van der Waals surface area contributed by atoms with Crippen molar-refractivity contribution in [3.63, 3.8) is 0 Å². The summed E-state index contributed by atoms with van der Waals surface area (Å²) in [5.41, 5.74) is 4.05. The van der Waals surface area contributed by atoms with Crippen LogP contribution in [0, 0.1) is 13.8 Å². The highest BCUT2D eigenvalue weighted by Crippen LogP contribution is 2.27. The second-order valence-electron chi connectivity index (χ2n) is 6.48. The zero-order valence-corrected chi connectivity index (χ0v) is 16.9. The fourth-order valence-electron chi connectivity index (χ4n) is 2.78. The lowest BCUT2D eigenvalue weighted by atomic mass is 10.1. The molecule has 3 aromatic rings. The van der Waals surface area contributed by atoms with E-state index in [0.29, 0.717) is 0 Å². The molecule has 0 aliphatic heterocycles. The SMILES string of the molecule is CCn1c(S[C@@H](C)C(=O)Nc2cc(C)ccc2C)nnc1-c1ccccc1. The minimum absolute atomic E-state index is 0.0411. The number of nitrogens with one attached hydrogen (secondary N) is 1. The molecule has 0 radical (unpaired) electrons. The number of thioether (sulfide) groups is 1. The van der Waals surface area contributed by atoms with Crippen LogP contribution in [0.25, 0.3) is 11.4 Å². The number of hydrogen-bond acceptors (Lipinski definition) is 4. The summed E-state index contributed by atoms with van der Waals surface area (Å²) < 4.78 is 2.04. The highest BCUT2D eigenvalue weighted by Gasteiger charge is 2.20. The van der Waals surface area contributed by atoms with E-state index >= 15 is 0 Å². The number of amides is 1. The van der Waals surface area contributed by atoms with Gasteiger partial charge in [0.2, 0.25) is 5.91 Å². The lowest BCUT2D eigenvalue weighted by molar-refractivity contribution is -0.115. The number of aromatic nitrogens is 3. The van der Waals surface area contributed by atoms with Gasteiger partial charge in [-0.15, -0.1) is 10.2 Å². The van der Waals surface area contributed by atoms with Crippen LogP contribution in [-0.4, -0.2) is 25.9 Å². The van der Waals surface area contributed by atoms with E-state index in [-0.39, 0.29) is 11.2 Å². The summed E-state index contributed by atoms with van der Waals surface area (Å²) in [7, 11) is 0. The molecule has 1 amide bonds. The smallest absolute Gasteiger partial charge is 0.237 e. The third kappa shape index (κ3) is 4.39. The van der Waals surface area contributed by atoms with E-state index in [9.17, 15) is 4.79 Å². The van der Waals surface area contributed by atoms with E-state index in [4.69, 9.17) is 0 Å². The summed E-state index contributed by atoms with van der Waals surface area (Å²) in [6.45, 7) is 8.70. The van der Waals surface area contributed by atoms with Crippen LogP contribution in [-0.2, 0) is 11.3 Å². The quantitative estimate of drug-likeness (QED) is 0.630. The molecule has 27 heavy (non-hydrogen) atoms. The van der Waals surface area contributed by atoms with Crippen molar-refractivity contribution in [1.82, 2.24) is 14.8 Å². The maximum absolute atomic E-state index is 12.7. The van der Waals surface area contributed by atoms with Gasteiger partial charge in [-0.25, -0.2) is 0 Å². The molecule has 3 rings (SSSR count). The molecule has 0 aliphatic carbocycles. The first-order valence-electron chi connectivity index (χ1n) is 9.03. The molecular weight excluding hydrogens is 356 g/mol. The average Bonchev–Trinajstić information content (AvgIpc) is 3.07. The maximum atomic E-state index is 12.7. The molecule has 0 saturated carbocycles. The molecule has 1 aromatic heterocycles. The highest BCUT2D eigenvalue weighted by molar-refractivity contribution is 8.00. The Bertz CT molecular complexity index is 937. The van der Waals surface area contributed by atoms with Crippen molar-refractivity contribution in [3.05, 3.63) is 59.7 Å². The number of carbonyl (C=O) groups excluding carboxylic acids is 1. The first-order valence-corrected chi connectivity index (χ1v) is 9.91. The summed E-state index contributed by atoms with van der Waals surface area (Å²) in [6.07, 6.45) is 0. The molecule has 1 N–H and O–H groups in total. The van der Waals surface area contributed by atoms with Crippen molar-refractivity contribution in [2.24, 2.45) is 0 Å². The van der Waals surface area contributed by atoms with Gasteiger partial charge in [-0.3, -0.25) is 4.79 Å². The minimum Gasteiger partial charge on any atom is -0.325 e. The van der Waals surface area contributed by atoms with E-state index in [1.807, 2.05) is 73.9 Å². The molecule has 6 heteroatoms. The number of nitrogens with zero attached hydrogens (tertiary/aromatic N) is 3. The van der Waals surface area contributed by atoms with Gasteiger partial charge in [0.15, 0.2) is 11.0 Å². The monoisotopic (exact) mass is 380 g/mol. The third-order valence-corrected chi connectivity index (χ3v) is 5.45. The van der Waals surface area contributed by atoms with Crippen molar-refractivity contribution in [2.75, 3.05) is 5.32 Å². The van der Waals surface area contributed by atoms with Crippen LogP contribution in [0.2, 0.25) is 0 Å².